The molecule has 34 heavy (non-hydrogen) atoms. The second kappa shape index (κ2) is 10.1. The Hall–Kier alpha value is -2.98. The monoisotopic (exact) mass is 490 g/mol. The van der Waals surface area contributed by atoms with E-state index < -0.39 is 10.0 Å². The summed E-state index contributed by atoms with van der Waals surface area (Å²) in [5.74, 6) is 2.05. The summed E-state index contributed by atoms with van der Waals surface area (Å²) in [4.78, 5) is 12.2. The number of ether oxygens (including phenoxy) is 4. The molecule has 0 spiro atoms. The van der Waals surface area contributed by atoms with Gasteiger partial charge in [0, 0.05) is 37.4 Å². The number of carbonyl (C=O) groups excluding carboxylic acids is 1. The number of hydrogen-bond donors (Lipinski definition) is 2. The van der Waals surface area contributed by atoms with Crippen LogP contribution in [0.2, 0.25) is 0 Å². The average molecular weight is 491 g/mol. The molecule has 2 aliphatic rings. The van der Waals surface area contributed by atoms with E-state index in [0.717, 1.165) is 24.2 Å². The van der Waals surface area contributed by atoms with Crippen LogP contribution in [0, 0.1) is 0 Å². The molecule has 0 saturated carbocycles. The lowest BCUT2D eigenvalue weighted by Crippen LogP contribution is -2.32. The Morgan fingerprint density at radius 1 is 1.09 bits per heavy atom. The van der Waals surface area contributed by atoms with E-state index in [1.54, 1.807) is 6.07 Å². The van der Waals surface area contributed by atoms with Gasteiger partial charge in [0.1, 0.15) is 12.2 Å². The standard InChI is InChI=1S/C24H30N2O7S/c1-24(2)16-17-5-3-6-20(23(17)33-24)32-14-11-25-22(27)9-10-26-34(28,29)18-7-8-19-21(15-18)31-13-4-12-30-19/h3,5-8,15,26H,4,9-14,16H2,1-2H3,(H,25,27). The van der Waals surface area contributed by atoms with E-state index in [-0.39, 0.29) is 36.0 Å². The molecule has 2 aromatic carbocycles. The highest BCUT2D eigenvalue weighted by Gasteiger charge is 2.32. The molecule has 2 aromatic rings. The number of amides is 1. The molecular weight excluding hydrogens is 460 g/mol. The molecule has 1 amide bonds. The molecule has 2 heterocycles. The fraction of sp³-hybridized carbons (Fsp3) is 0.458. The molecule has 2 aliphatic heterocycles. The third-order valence-electron chi connectivity index (χ3n) is 5.41. The van der Waals surface area contributed by atoms with Crippen molar-refractivity contribution in [2.45, 2.75) is 43.6 Å². The molecule has 0 unspecified atom stereocenters. The van der Waals surface area contributed by atoms with Gasteiger partial charge in [-0.25, -0.2) is 13.1 Å². The average Bonchev–Trinajstić information content (AvgIpc) is 2.94. The fourth-order valence-corrected chi connectivity index (χ4v) is 4.88. The number of rotatable bonds is 9. The van der Waals surface area contributed by atoms with Gasteiger partial charge < -0.3 is 24.3 Å². The van der Waals surface area contributed by atoms with Crippen molar-refractivity contribution in [2.24, 2.45) is 0 Å². The molecule has 0 radical (unpaired) electrons. The molecule has 184 valence electrons. The summed E-state index contributed by atoms with van der Waals surface area (Å²) in [6.45, 7) is 5.58. The maximum atomic E-state index is 12.6. The maximum absolute atomic E-state index is 12.6. The van der Waals surface area contributed by atoms with Crippen LogP contribution < -0.4 is 29.0 Å². The fourth-order valence-electron chi connectivity index (χ4n) is 3.83. The van der Waals surface area contributed by atoms with E-state index in [4.69, 9.17) is 18.9 Å². The summed E-state index contributed by atoms with van der Waals surface area (Å²) in [6, 6.07) is 10.3. The lowest BCUT2D eigenvalue weighted by Gasteiger charge is -2.18. The Morgan fingerprint density at radius 3 is 2.71 bits per heavy atom. The first-order chi connectivity index (χ1) is 16.2. The zero-order chi connectivity index (χ0) is 24.2. The van der Waals surface area contributed by atoms with Crippen LogP contribution in [0.3, 0.4) is 0 Å². The van der Waals surface area contributed by atoms with E-state index in [0.29, 0.717) is 37.0 Å². The normalized spacial score (nSPS) is 16.2. The van der Waals surface area contributed by atoms with E-state index in [1.165, 1.54) is 12.1 Å². The molecule has 0 aliphatic carbocycles. The quantitative estimate of drug-likeness (QED) is 0.519. The Bertz CT molecular complexity index is 1150. The molecular formula is C24H30N2O7S. The van der Waals surface area contributed by atoms with Crippen LogP contribution in [-0.4, -0.2) is 52.8 Å². The van der Waals surface area contributed by atoms with E-state index in [1.807, 2.05) is 32.0 Å². The molecule has 10 heteroatoms. The van der Waals surface area contributed by atoms with Gasteiger partial charge in [0.25, 0.3) is 0 Å². The molecule has 0 bridgehead atoms. The minimum absolute atomic E-state index is 0.00180. The third-order valence-corrected chi connectivity index (χ3v) is 6.87. The number of hydrogen-bond acceptors (Lipinski definition) is 7. The van der Waals surface area contributed by atoms with Gasteiger partial charge in [0.2, 0.25) is 15.9 Å². The van der Waals surface area contributed by atoms with E-state index in [2.05, 4.69) is 10.0 Å². The zero-order valence-corrected chi connectivity index (χ0v) is 20.2. The van der Waals surface area contributed by atoms with Crippen LogP contribution in [0.5, 0.6) is 23.0 Å². The third kappa shape index (κ3) is 5.92. The Balaban J connectivity index is 1.20. The molecule has 0 fully saturated rings. The maximum Gasteiger partial charge on any atom is 0.240 e. The highest BCUT2D eigenvalue weighted by atomic mass is 32.2. The van der Waals surface area contributed by atoms with E-state index >= 15 is 0 Å². The van der Waals surface area contributed by atoms with Gasteiger partial charge in [-0.15, -0.1) is 0 Å². The first kappa shape index (κ1) is 24.2. The van der Waals surface area contributed by atoms with Crippen LogP contribution in [0.4, 0.5) is 0 Å². The van der Waals surface area contributed by atoms with Crippen molar-refractivity contribution in [3.05, 3.63) is 42.0 Å². The summed E-state index contributed by atoms with van der Waals surface area (Å²) in [5.41, 5.74) is 0.843. The minimum atomic E-state index is -3.78. The Morgan fingerprint density at radius 2 is 1.88 bits per heavy atom. The minimum Gasteiger partial charge on any atom is -0.490 e. The lowest BCUT2D eigenvalue weighted by atomic mass is 10.0. The van der Waals surface area contributed by atoms with Gasteiger partial charge in [-0.2, -0.15) is 0 Å². The van der Waals surface area contributed by atoms with Crippen LogP contribution in [0.1, 0.15) is 32.3 Å². The van der Waals surface area contributed by atoms with Gasteiger partial charge in [-0.05, 0) is 32.0 Å². The lowest BCUT2D eigenvalue weighted by molar-refractivity contribution is -0.121. The molecule has 0 atom stereocenters. The van der Waals surface area contributed by atoms with Crippen molar-refractivity contribution >= 4 is 15.9 Å². The van der Waals surface area contributed by atoms with Gasteiger partial charge in [-0.1, -0.05) is 12.1 Å². The van der Waals surface area contributed by atoms with Gasteiger partial charge in [0.15, 0.2) is 23.0 Å². The number of carbonyl (C=O) groups is 1. The summed E-state index contributed by atoms with van der Waals surface area (Å²) in [5, 5.41) is 2.73. The Labute approximate surface area is 199 Å². The van der Waals surface area contributed by atoms with Gasteiger partial charge in [-0.3, -0.25) is 4.79 Å². The number of sulfonamides is 1. The molecule has 9 nitrogen and oxygen atoms in total. The zero-order valence-electron chi connectivity index (χ0n) is 19.4. The highest BCUT2D eigenvalue weighted by Crippen LogP contribution is 2.41. The van der Waals surface area contributed by atoms with Crippen LogP contribution >= 0.6 is 0 Å². The van der Waals surface area contributed by atoms with Crippen LogP contribution in [0.25, 0.3) is 0 Å². The SMILES string of the molecule is CC1(C)Cc2cccc(OCCNC(=O)CCNS(=O)(=O)c3ccc4c(c3)OCCCO4)c2O1. The second-order valence-corrected chi connectivity index (χ2v) is 10.6. The predicted octanol–water partition coefficient (Wildman–Crippen LogP) is 2.42. The van der Waals surface area contributed by atoms with Gasteiger partial charge >= 0.3 is 0 Å². The van der Waals surface area contributed by atoms with Crippen molar-refractivity contribution in [1.29, 1.82) is 0 Å². The second-order valence-electron chi connectivity index (χ2n) is 8.79. The summed E-state index contributed by atoms with van der Waals surface area (Å²) >= 11 is 0. The van der Waals surface area contributed by atoms with Gasteiger partial charge in [0.05, 0.1) is 24.7 Å². The van der Waals surface area contributed by atoms with Crippen molar-refractivity contribution in [3.8, 4) is 23.0 Å². The first-order valence-corrected chi connectivity index (χ1v) is 12.8. The summed E-state index contributed by atoms with van der Waals surface area (Å²) in [7, 11) is -3.78. The van der Waals surface area contributed by atoms with Crippen molar-refractivity contribution in [2.75, 3.05) is 32.9 Å². The van der Waals surface area contributed by atoms with Crippen LogP contribution in [0.15, 0.2) is 41.3 Å². The van der Waals surface area contributed by atoms with Crippen molar-refractivity contribution < 1.29 is 32.2 Å². The number of nitrogens with one attached hydrogen (secondary N) is 2. The molecule has 2 N–H and O–H groups in total. The molecule has 0 aromatic heterocycles. The molecule has 4 rings (SSSR count). The van der Waals surface area contributed by atoms with Crippen molar-refractivity contribution in [1.82, 2.24) is 10.0 Å². The number of benzene rings is 2. The van der Waals surface area contributed by atoms with Crippen molar-refractivity contribution in [3.63, 3.8) is 0 Å². The summed E-state index contributed by atoms with van der Waals surface area (Å²) < 4.78 is 50.4. The number of para-hydroxylation sites is 1. The Kier molecular flexibility index (Phi) is 7.18. The topological polar surface area (TPSA) is 112 Å². The predicted molar refractivity (Wildman–Crippen MR) is 125 cm³/mol. The summed E-state index contributed by atoms with van der Waals surface area (Å²) in [6.07, 6.45) is 1.55. The number of fused-ring (bicyclic) bond motifs is 2. The largest absolute Gasteiger partial charge is 0.490 e. The highest BCUT2D eigenvalue weighted by molar-refractivity contribution is 7.89. The smallest absolute Gasteiger partial charge is 0.240 e. The first-order valence-electron chi connectivity index (χ1n) is 11.3. The van der Waals surface area contributed by atoms with Crippen LogP contribution in [-0.2, 0) is 21.2 Å². The molecule has 0 saturated heterocycles. The van der Waals surface area contributed by atoms with E-state index in [9.17, 15) is 13.2 Å².